The first-order chi connectivity index (χ1) is 16.2. The molecule has 34 heavy (non-hydrogen) atoms. The Morgan fingerprint density at radius 3 is 1.50 bits per heavy atom. The summed E-state index contributed by atoms with van der Waals surface area (Å²) in [6, 6.07) is 19.7. The fraction of sp³-hybridized carbons (Fsp3) is 0.172. The standard InChI is InChI=1S/C29H29NO4/c1-17-6-13-26(32)28(20(17)4)30(29-21(5)18(2)7-14-27(29)33)22-8-10-23(11-9-22)34-24-12-15-25(31)19(3)16-24/h6-16,31-33H,1-5H3. The summed E-state index contributed by atoms with van der Waals surface area (Å²) in [4.78, 5) is 1.89. The first kappa shape index (κ1) is 23.1. The van der Waals surface area contributed by atoms with E-state index in [0.717, 1.165) is 33.5 Å². The van der Waals surface area contributed by atoms with Crippen molar-refractivity contribution in [3.05, 3.63) is 94.5 Å². The normalized spacial score (nSPS) is 10.9. The summed E-state index contributed by atoms with van der Waals surface area (Å²) in [6.07, 6.45) is 0. The lowest BCUT2D eigenvalue weighted by molar-refractivity contribution is 0.460. The summed E-state index contributed by atoms with van der Waals surface area (Å²) in [6.45, 7) is 9.73. The summed E-state index contributed by atoms with van der Waals surface area (Å²) >= 11 is 0. The molecule has 3 N–H and O–H groups in total. The predicted molar refractivity (Wildman–Crippen MR) is 136 cm³/mol. The van der Waals surface area contributed by atoms with Gasteiger partial charge in [-0.25, -0.2) is 0 Å². The molecule has 0 spiro atoms. The Kier molecular flexibility index (Phi) is 6.12. The quantitative estimate of drug-likeness (QED) is 0.289. The van der Waals surface area contributed by atoms with Crippen LogP contribution in [0.2, 0.25) is 0 Å². The van der Waals surface area contributed by atoms with Crippen LogP contribution in [-0.2, 0) is 0 Å². The molecule has 0 fully saturated rings. The van der Waals surface area contributed by atoms with Gasteiger partial charge in [0.25, 0.3) is 0 Å². The number of phenolic OH excluding ortho intramolecular Hbond substituents is 3. The van der Waals surface area contributed by atoms with Crippen molar-refractivity contribution >= 4 is 17.1 Å². The van der Waals surface area contributed by atoms with Gasteiger partial charge in [0, 0.05) is 5.69 Å². The zero-order chi connectivity index (χ0) is 24.6. The molecule has 0 amide bonds. The minimum Gasteiger partial charge on any atom is -0.508 e. The lowest BCUT2D eigenvalue weighted by atomic mass is 10.0. The van der Waals surface area contributed by atoms with Gasteiger partial charge < -0.3 is 25.0 Å². The molecule has 5 nitrogen and oxygen atoms in total. The molecular weight excluding hydrogens is 426 g/mol. The highest BCUT2D eigenvalue weighted by atomic mass is 16.5. The minimum absolute atomic E-state index is 0.128. The minimum atomic E-state index is 0.128. The van der Waals surface area contributed by atoms with Crippen LogP contribution in [0.15, 0.2) is 66.7 Å². The van der Waals surface area contributed by atoms with Crippen LogP contribution in [0.5, 0.6) is 28.7 Å². The molecule has 0 aromatic heterocycles. The third-order valence-corrected chi connectivity index (χ3v) is 6.31. The molecule has 0 saturated carbocycles. The van der Waals surface area contributed by atoms with Gasteiger partial charge in [-0.3, -0.25) is 0 Å². The predicted octanol–water partition coefficient (Wildman–Crippen LogP) is 7.61. The first-order valence-electron chi connectivity index (χ1n) is 11.1. The van der Waals surface area contributed by atoms with Gasteiger partial charge in [-0.1, -0.05) is 12.1 Å². The van der Waals surface area contributed by atoms with Gasteiger partial charge in [0.05, 0.1) is 11.4 Å². The van der Waals surface area contributed by atoms with E-state index >= 15 is 0 Å². The number of rotatable bonds is 5. The molecule has 0 radical (unpaired) electrons. The van der Waals surface area contributed by atoms with Gasteiger partial charge >= 0.3 is 0 Å². The van der Waals surface area contributed by atoms with Crippen molar-refractivity contribution in [1.29, 1.82) is 0 Å². The Balaban J connectivity index is 1.83. The van der Waals surface area contributed by atoms with Crippen LogP contribution in [0, 0.1) is 34.6 Å². The van der Waals surface area contributed by atoms with Crippen LogP contribution in [-0.4, -0.2) is 15.3 Å². The number of hydrogen-bond acceptors (Lipinski definition) is 5. The van der Waals surface area contributed by atoms with E-state index in [1.54, 1.807) is 30.3 Å². The van der Waals surface area contributed by atoms with Gasteiger partial charge in [-0.15, -0.1) is 0 Å². The largest absolute Gasteiger partial charge is 0.508 e. The van der Waals surface area contributed by atoms with E-state index in [1.807, 2.05) is 75.9 Å². The fourth-order valence-electron chi connectivity index (χ4n) is 4.00. The summed E-state index contributed by atoms with van der Waals surface area (Å²) in [5, 5.41) is 31.5. The van der Waals surface area contributed by atoms with Crippen molar-refractivity contribution in [1.82, 2.24) is 0 Å². The second-order valence-electron chi connectivity index (χ2n) is 8.63. The van der Waals surface area contributed by atoms with Crippen molar-refractivity contribution in [2.45, 2.75) is 34.6 Å². The van der Waals surface area contributed by atoms with Gasteiger partial charge in [0.15, 0.2) is 0 Å². The third-order valence-electron chi connectivity index (χ3n) is 6.31. The molecule has 4 aromatic rings. The van der Waals surface area contributed by atoms with Crippen molar-refractivity contribution in [2.75, 3.05) is 4.90 Å². The molecule has 0 aliphatic rings. The molecule has 4 aromatic carbocycles. The van der Waals surface area contributed by atoms with Gasteiger partial charge in [-0.05, 0) is 117 Å². The highest BCUT2D eigenvalue weighted by Crippen LogP contribution is 2.48. The summed E-state index contributed by atoms with van der Waals surface area (Å²) in [7, 11) is 0. The van der Waals surface area contributed by atoms with Crippen LogP contribution in [0.25, 0.3) is 0 Å². The van der Waals surface area contributed by atoms with Crippen molar-refractivity contribution in [3.8, 4) is 28.7 Å². The number of ether oxygens (including phenoxy) is 1. The number of nitrogens with zero attached hydrogens (tertiary/aromatic N) is 1. The maximum atomic E-state index is 10.9. The van der Waals surface area contributed by atoms with Crippen molar-refractivity contribution in [2.24, 2.45) is 0 Å². The van der Waals surface area contributed by atoms with Gasteiger partial charge in [0.2, 0.25) is 0 Å². The highest BCUT2D eigenvalue weighted by Gasteiger charge is 2.24. The molecule has 0 unspecified atom stereocenters. The Hall–Kier alpha value is -4.12. The number of benzene rings is 4. The van der Waals surface area contributed by atoms with E-state index in [0.29, 0.717) is 22.9 Å². The van der Waals surface area contributed by atoms with E-state index < -0.39 is 0 Å². The van der Waals surface area contributed by atoms with Gasteiger partial charge in [-0.2, -0.15) is 0 Å². The second-order valence-corrected chi connectivity index (χ2v) is 8.63. The zero-order valence-corrected chi connectivity index (χ0v) is 20.0. The van der Waals surface area contributed by atoms with E-state index in [4.69, 9.17) is 4.74 Å². The van der Waals surface area contributed by atoms with Crippen LogP contribution in [0.4, 0.5) is 17.1 Å². The Morgan fingerprint density at radius 1 is 0.529 bits per heavy atom. The summed E-state index contributed by atoms with van der Waals surface area (Å²) in [5.41, 5.74) is 6.63. The molecule has 0 bridgehead atoms. The molecule has 4 rings (SSSR count). The number of anilines is 3. The summed E-state index contributed by atoms with van der Waals surface area (Å²) in [5.74, 6) is 1.73. The first-order valence-corrected chi connectivity index (χ1v) is 11.1. The molecule has 0 aliphatic heterocycles. The third kappa shape index (κ3) is 4.25. The Labute approximate surface area is 200 Å². The molecule has 0 heterocycles. The van der Waals surface area contributed by atoms with Gasteiger partial charge in [0.1, 0.15) is 28.7 Å². The van der Waals surface area contributed by atoms with Crippen LogP contribution < -0.4 is 9.64 Å². The van der Waals surface area contributed by atoms with Crippen molar-refractivity contribution < 1.29 is 20.1 Å². The van der Waals surface area contributed by atoms with Crippen LogP contribution >= 0.6 is 0 Å². The number of aryl methyl sites for hydroxylation is 3. The average Bonchev–Trinajstić information content (AvgIpc) is 2.81. The molecule has 5 heteroatoms. The van der Waals surface area contributed by atoms with Crippen LogP contribution in [0.1, 0.15) is 27.8 Å². The lowest BCUT2D eigenvalue weighted by Crippen LogP contribution is -2.14. The Morgan fingerprint density at radius 2 is 1.00 bits per heavy atom. The van der Waals surface area contributed by atoms with E-state index in [2.05, 4.69) is 0 Å². The van der Waals surface area contributed by atoms with Crippen LogP contribution in [0.3, 0.4) is 0 Å². The maximum absolute atomic E-state index is 10.9. The van der Waals surface area contributed by atoms with E-state index in [-0.39, 0.29) is 17.2 Å². The topological polar surface area (TPSA) is 73.2 Å². The highest BCUT2D eigenvalue weighted by molar-refractivity contribution is 5.87. The SMILES string of the molecule is Cc1cc(Oc2ccc(N(c3c(O)ccc(C)c3C)c3c(O)ccc(C)c3C)cc2)ccc1O. The Bertz CT molecular complexity index is 1300. The molecule has 0 atom stereocenters. The second kappa shape index (κ2) is 9.02. The number of aromatic hydroxyl groups is 3. The summed E-state index contributed by atoms with van der Waals surface area (Å²) < 4.78 is 5.97. The van der Waals surface area contributed by atoms with E-state index in [9.17, 15) is 15.3 Å². The molecule has 174 valence electrons. The zero-order valence-electron chi connectivity index (χ0n) is 20.0. The number of phenols is 3. The monoisotopic (exact) mass is 455 g/mol. The molecular formula is C29H29NO4. The smallest absolute Gasteiger partial charge is 0.139 e. The molecule has 0 aliphatic carbocycles. The fourth-order valence-corrected chi connectivity index (χ4v) is 4.00. The van der Waals surface area contributed by atoms with Crippen molar-refractivity contribution in [3.63, 3.8) is 0 Å². The molecule has 0 saturated heterocycles. The lowest BCUT2D eigenvalue weighted by Gasteiger charge is -2.30. The maximum Gasteiger partial charge on any atom is 0.139 e. The van der Waals surface area contributed by atoms with E-state index in [1.165, 1.54) is 0 Å². The average molecular weight is 456 g/mol. The number of hydrogen-bond donors (Lipinski definition) is 3.